The van der Waals surface area contributed by atoms with Crippen LogP contribution in [0.25, 0.3) is 0 Å². The Balaban J connectivity index is 1.46. The molecule has 4 rings (SSSR count). The second-order valence-electron chi connectivity index (χ2n) is 12.4. The predicted octanol–water partition coefficient (Wildman–Crippen LogP) is 7.04. The number of piperidine rings is 1. The van der Waals surface area contributed by atoms with Gasteiger partial charge >= 0.3 is 0 Å². The molecule has 0 aromatic heterocycles. The molecule has 0 spiro atoms. The highest BCUT2D eigenvalue weighted by atomic mass is 16.5. The maximum atomic E-state index is 13.5. The first-order valence-corrected chi connectivity index (χ1v) is 15.7. The minimum atomic E-state index is -0.349. The van der Waals surface area contributed by atoms with Gasteiger partial charge in [0, 0.05) is 24.4 Å². The van der Waals surface area contributed by atoms with E-state index in [-0.39, 0.29) is 17.6 Å². The molecule has 1 N–H and O–H groups in total. The Morgan fingerprint density at radius 3 is 2.40 bits per heavy atom. The molecule has 1 aromatic carbocycles. The number of likely N-dealkylation sites (tertiary alicyclic amines) is 1. The number of nitrogens with zero attached hydrogens (tertiary/aromatic N) is 3. The number of aliphatic imine (C=N–C) groups is 2. The lowest BCUT2D eigenvalue weighted by Gasteiger charge is -2.31. The van der Waals surface area contributed by atoms with E-state index >= 15 is 0 Å². The average molecular weight is 575 g/mol. The Morgan fingerprint density at radius 1 is 1.02 bits per heavy atom. The van der Waals surface area contributed by atoms with Gasteiger partial charge in [0.1, 0.15) is 0 Å². The van der Waals surface area contributed by atoms with Gasteiger partial charge in [-0.3, -0.25) is 4.79 Å². The van der Waals surface area contributed by atoms with Gasteiger partial charge in [0.25, 0.3) is 5.91 Å². The molecule has 0 saturated carbocycles. The van der Waals surface area contributed by atoms with Crippen molar-refractivity contribution in [1.82, 2.24) is 10.2 Å². The van der Waals surface area contributed by atoms with Crippen molar-refractivity contribution in [3.05, 3.63) is 69.1 Å². The summed E-state index contributed by atoms with van der Waals surface area (Å²) < 4.78 is 11.9. The van der Waals surface area contributed by atoms with Crippen LogP contribution in [0.4, 0.5) is 0 Å². The third-order valence-electron chi connectivity index (χ3n) is 8.38. The number of ether oxygens (including phenoxy) is 2. The lowest BCUT2D eigenvalue weighted by atomic mass is 9.86. The highest BCUT2D eigenvalue weighted by Crippen LogP contribution is 2.33. The van der Waals surface area contributed by atoms with Crippen LogP contribution >= 0.6 is 0 Å². The van der Waals surface area contributed by atoms with Crippen molar-refractivity contribution < 1.29 is 14.3 Å². The molecule has 7 heteroatoms. The highest BCUT2D eigenvalue weighted by Gasteiger charge is 2.27. The summed E-state index contributed by atoms with van der Waals surface area (Å²) in [4.78, 5) is 25.3. The summed E-state index contributed by atoms with van der Waals surface area (Å²) >= 11 is 0. The maximum absolute atomic E-state index is 13.5. The molecule has 2 aliphatic heterocycles. The number of amides is 1. The van der Waals surface area contributed by atoms with E-state index in [0.717, 1.165) is 55.7 Å². The third kappa shape index (κ3) is 7.60. The molecule has 42 heavy (non-hydrogen) atoms. The fraction of sp³-hybridized carbons (Fsp3) is 0.571. The minimum absolute atomic E-state index is 0.0804. The van der Waals surface area contributed by atoms with Crippen molar-refractivity contribution in [3.63, 3.8) is 0 Å². The van der Waals surface area contributed by atoms with E-state index in [1.807, 2.05) is 6.08 Å². The second-order valence-corrected chi connectivity index (χ2v) is 12.4. The summed E-state index contributed by atoms with van der Waals surface area (Å²) in [5.74, 6) is 1.19. The van der Waals surface area contributed by atoms with E-state index in [0.29, 0.717) is 31.1 Å². The smallest absolute Gasteiger partial charge is 0.251 e. The lowest BCUT2D eigenvalue weighted by molar-refractivity contribution is -0.116. The zero-order valence-corrected chi connectivity index (χ0v) is 27.0. The number of allylic oxidation sites excluding steroid dienone is 4. The first kappa shape index (κ1) is 31.7. The van der Waals surface area contributed by atoms with Crippen LogP contribution in [0.1, 0.15) is 102 Å². The van der Waals surface area contributed by atoms with E-state index in [1.54, 1.807) is 7.11 Å². The first-order valence-electron chi connectivity index (χ1n) is 15.7. The van der Waals surface area contributed by atoms with E-state index < -0.39 is 0 Å². The summed E-state index contributed by atoms with van der Waals surface area (Å²) in [6, 6.07) is 4.63. The van der Waals surface area contributed by atoms with Crippen molar-refractivity contribution in [2.24, 2.45) is 9.98 Å². The number of carbonyl (C=O) groups is 1. The zero-order chi connectivity index (χ0) is 30.4. The van der Waals surface area contributed by atoms with Crippen molar-refractivity contribution in [1.29, 1.82) is 0 Å². The number of methoxy groups -OCH3 is 1. The topological polar surface area (TPSA) is 75.5 Å². The Bertz CT molecular complexity index is 1320. The fourth-order valence-corrected chi connectivity index (χ4v) is 6.20. The van der Waals surface area contributed by atoms with Crippen molar-refractivity contribution in [2.45, 2.75) is 112 Å². The third-order valence-corrected chi connectivity index (χ3v) is 8.38. The molecule has 1 aromatic rings. The molecule has 0 bridgehead atoms. The normalized spacial score (nSPS) is 18.0. The van der Waals surface area contributed by atoms with Crippen LogP contribution < -0.4 is 5.32 Å². The molecule has 1 aliphatic carbocycles. The van der Waals surface area contributed by atoms with Crippen LogP contribution in [-0.4, -0.2) is 49.0 Å². The molecule has 1 fully saturated rings. The molecule has 0 unspecified atom stereocenters. The number of nitrogens with one attached hydrogen (secondary N) is 1. The quantitative estimate of drug-likeness (QED) is 0.343. The largest absolute Gasteiger partial charge is 0.484 e. The molecular formula is C35H50N4O3. The number of benzene rings is 1. The van der Waals surface area contributed by atoms with Gasteiger partial charge in [-0.05, 0) is 102 Å². The Morgan fingerprint density at radius 2 is 1.76 bits per heavy atom. The Labute approximate surface area is 252 Å². The van der Waals surface area contributed by atoms with Crippen LogP contribution in [0.5, 0.6) is 0 Å². The van der Waals surface area contributed by atoms with Crippen LogP contribution in [0.15, 0.2) is 56.8 Å². The standard InChI is InChI=1S/C35H50N4O3/c1-9-26-21-28(24(5)18-29(26)35(6,7)42-23(3)4)20-25-14-15-27(19-25)33(40)36-31-22-32(41-8)38-34(37-30(31)10-2)39-16-12-11-13-17-39/h14-15,18,21,23H,9-13,16-17,19-20,22H2,1-8H3,(H,36,40). The highest BCUT2D eigenvalue weighted by molar-refractivity contribution is 5.99. The molecular weight excluding hydrogens is 524 g/mol. The Kier molecular flexibility index (Phi) is 10.5. The van der Waals surface area contributed by atoms with E-state index in [4.69, 9.17) is 19.5 Å². The predicted molar refractivity (Wildman–Crippen MR) is 172 cm³/mol. The molecule has 0 radical (unpaired) electrons. The van der Waals surface area contributed by atoms with Gasteiger partial charge in [-0.1, -0.05) is 43.7 Å². The molecule has 2 heterocycles. The number of aryl methyl sites for hydroxylation is 2. The van der Waals surface area contributed by atoms with E-state index in [9.17, 15) is 4.79 Å². The summed E-state index contributed by atoms with van der Waals surface area (Å²) in [6.07, 6.45) is 11.3. The number of hydrogen-bond donors (Lipinski definition) is 1. The average Bonchev–Trinajstić information content (AvgIpc) is 3.35. The SMILES string of the molecule is CCC1=C(NC(=O)C2=CC=C(Cc3cc(CC)c(C(C)(C)OC(C)C)cc3C)C2)CC(OC)=NC(N2CCCCC2)=N1. The van der Waals surface area contributed by atoms with Crippen molar-refractivity contribution in [2.75, 3.05) is 20.2 Å². The summed E-state index contributed by atoms with van der Waals surface area (Å²) in [7, 11) is 1.63. The van der Waals surface area contributed by atoms with Gasteiger partial charge < -0.3 is 19.7 Å². The number of hydrogen-bond acceptors (Lipinski definition) is 6. The molecule has 3 aliphatic rings. The maximum Gasteiger partial charge on any atom is 0.251 e. The second kappa shape index (κ2) is 13.9. The first-order chi connectivity index (χ1) is 20.0. The van der Waals surface area contributed by atoms with Gasteiger partial charge in [-0.25, -0.2) is 4.99 Å². The van der Waals surface area contributed by atoms with Crippen LogP contribution in [-0.2, 0) is 32.7 Å². The van der Waals surface area contributed by atoms with Gasteiger partial charge in [0.2, 0.25) is 5.96 Å². The van der Waals surface area contributed by atoms with E-state index in [2.05, 4.69) is 76.9 Å². The fourth-order valence-electron chi connectivity index (χ4n) is 6.20. The lowest BCUT2D eigenvalue weighted by Crippen LogP contribution is -2.35. The number of guanidine groups is 1. The van der Waals surface area contributed by atoms with Crippen LogP contribution in [0.3, 0.4) is 0 Å². The monoisotopic (exact) mass is 574 g/mol. The molecule has 0 atom stereocenters. The minimum Gasteiger partial charge on any atom is -0.484 e. The van der Waals surface area contributed by atoms with Gasteiger partial charge in [0.05, 0.1) is 30.9 Å². The van der Waals surface area contributed by atoms with Gasteiger partial charge in [0.15, 0.2) is 5.90 Å². The van der Waals surface area contributed by atoms with Crippen molar-refractivity contribution >= 4 is 17.8 Å². The van der Waals surface area contributed by atoms with Crippen LogP contribution in [0, 0.1) is 6.92 Å². The number of rotatable bonds is 9. The Hall–Kier alpha value is -3.19. The molecule has 228 valence electrons. The molecule has 7 nitrogen and oxygen atoms in total. The summed E-state index contributed by atoms with van der Waals surface area (Å²) in [5, 5.41) is 3.18. The zero-order valence-electron chi connectivity index (χ0n) is 27.0. The van der Waals surface area contributed by atoms with Gasteiger partial charge in [-0.2, -0.15) is 4.99 Å². The van der Waals surface area contributed by atoms with Gasteiger partial charge in [-0.15, -0.1) is 0 Å². The van der Waals surface area contributed by atoms with E-state index in [1.165, 1.54) is 34.2 Å². The molecule has 1 saturated heterocycles. The summed E-state index contributed by atoms with van der Waals surface area (Å²) in [6.45, 7) is 16.8. The number of carbonyl (C=O) groups excluding carboxylic acids is 1. The van der Waals surface area contributed by atoms with Crippen molar-refractivity contribution in [3.8, 4) is 0 Å². The summed E-state index contributed by atoms with van der Waals surface area (Å²) in [5.41, 5.74) is 8.43. The molecule has 1 amide bonds. The van der Waals surface area contributed by atoms with Crippen LogP contribution in [0.2, 0.25) is 0 Å².